The average Bonchev–Trinajstić information content (AvgIpc) is 2.16. The molecule has 0 aromatic heterocycles. The standard InChI is InChI=1S/C8H11BrClNO2/c9-5-8(12)13-11-7-4-2-1-3-6(7)10/h6H,1-5H2. The van der Waals surface area contributed by atoms with Gasteiger partial charge in [0.15, 0.2) is 0 Å². The van der Waals surface area contributed by atoms with E-state index in [1.54, 1.807) is 0 Å². The first kappa shape index (κ1) is 11.0. The zero-order chi connectivity index (χ0) is 9.68. The predicted octanol–water partition coefficient (Wildman–Crippen LogP) is 2.46. The predicted molar refractivity (Wildman–Crippen MR) is 55.4 cm³/mol. The average molecular weight is 269 g/mol. The third-order valence-electron chi connectivity index (χ3n) is 1.88. The van der Waals surface area contributed by atoms with Crippen LogP contribution in [0.2, 0.25) is 0 Å². The van der Waals surface area contributed by atoms with Crippen LogP contribution >= 0.6 is 27.5 Å². The van der Waals surface area contributed by atoms with Gasteiger partial charge in [0.05, 0.1) is 11.1 Å². The summed E-state index contributed by atoms with van der Waals surface area (Å²) in [5.41, 5.74) is 0.794. The zero-order valence-corrected chi connectivity index (χ0v) is 9.47. The fourth-order valence-corrected chi connectivity index (χ4v) is 1.60. The molecule has 0 radical (unpaired) electrons. The van der Waals surface area contributed by atoms with Gasteiger partial charge in [-0.15, -0.1) is 11.6 Å². The van der Waals surface area contributed by atoms with E-state index in [0.29, 0.717) is 0 Å². The lowest BCUT2D eigenvalue weighted by Crippen LogP contribution is -2.20. The molecule has 1 saturated carbocycles. The third-order valence-corrected chi connectivity index (χ3v) is 2.80. The van der Waals surface area contributed by atoms with Gasteiger partial charge in [0, 0.05) is 0 Å². The number of hydrogen-bond acceptors (Lipinski definition) is 3. The molecule has 3 nitrogen and oxygen atoms in total. The first-order valence-electron chi connectivity index (χ1n) is 4.20. The highest BCUT2D eigenvalue weighted by atomic mass is 79.9. The Morgan fingerprint density at radius 3 is 3.08 bits per heavy atom. The largest absolute Gasteiger partial charge is 0.345 e. The molecule has 0 aromatic carbocycles. The molecule has 1 aliphatic carbocycles. The SMILES string of the molecule is O=C(CBr)ON=C1CCCCC1Cl. The first-order valence-corrected chi connectivity index (χ1v) is 5.76. The summed E-state index contributed by atoms with van der Waals surface area (Å²) in [5.74, 6) is -0.387. The maximum Gasteiger partial charge on any atom is 0.345 e. The normalized spacial score (nSPS) is 26.0. The van der Waals surface area contributed by atoms with E-state index in [4.69, 9.17) is 11.6 Å². The van der Waals surface area contributed by atoms with Crippen molar-refractivity contribution in [1.82, 2.24) is 0 Å². The lowest BCUT2D eigenvalue weighted by atomic mass is 9.98. The summed E-state index contributed by atoms with van der Waals surface area (Å²) in [6, 6.07) is 0. The van der Waals surface area contributed by atoms with Crippen LogP contribution < -0.4 is 0 Å². The van der Waals surface area contributed by atoms with Crippen molar-refractivity contribution in [2.24, 2.45) is 5.16 Å². The summed E-state index contributed by atoms with van der Waals surface area (Å²) in [5, 5.41) is 3.85. The number of alkyl halides is 2. The number of oxime groups is 1. The molecule has 0 aliphatic heterocycles. The smallest absolute Gasteiger partial charge is 0.317 e. The van der Waals surface area contributed by atoms with E-state index >= 15 is 0 Å². The van der Waals surface area contributed by atoms with Crippen LogP contribution in [0, 0.1) is 0 Å². The van der Waals surface area contributed by atoms with E-state index in [9.17, 15) is 4.79 Å². The molecule has 1 fully saturated rings. The van der Waals surface area contributed by atoms with Crippen molar-refractivity contribution in [2.45, 2.75) is 31.1 Å². The highest BCUT2D eigenvalue weighted by Crippen LogP contribution is 2.20. The molecule has 0 spiro atoms. The van der Waals surface area contributed by atoms with Crippen molar-refractivity contribution < 1.29 is 9.63 Å². The lowest BCUT2D eigenvalue weighted by Gasteiger charge is -2.16. The van der Waals surface area contributed by atoms with Crippen LogP contribution in [-0.4, -0.2) is 22.4 Å². The van der Waals surface area contributed by atoms with E-state index in [-0.39, 0.29) is 16.7 Å². The van der Waals surface area contributed by atoms with Crippen LogP contribution in [0.5, 0.6) is 0 Å². The molecule has 74 valence electrons. The zero-order valence-electron chi connectivity index (χ0n) is 7.13. The second-order valence-electron chi connectivity index (χ2n) is 2.89. The molecule has 0 heterocycles. The molecule has 0 aromatic rings. The summed E-state index contributed by atoms with van der Waals surface area (Å²) >= 11 is 8.95. The highest BCUT2D eigenvalue weighted by Gasteiger charge is 2.18. The quantitative estimate of drug-likeness (QED) is 0.438. The minimum atomic E-state index is -0.387. The van der Waals surface area contributed by atoms with Gasteiger partial charge >= 0.3 is 5.97 Å². The van der Waals surface area contributed by atoms with Crippen LogP contribution in [-0.2, 0) is 9.63 Å². The Balaban J connectivity index is 2.43. The molecule has 0 amide bonds. The summed E-state index contributed by atoms with van der Waals surface area (Å²) in [6.07, 6.45) is 3.96. The monoisotopic (exact) mass is 267 g/mol. The summed E-state index contributed by atoms with van der Waals surface area (Å²) in [4.78, 5) is 15.4. The number of carbonyl (C=O) groups is 1. The molecule has 5 heteroatoms. The van der Waals surface area contributed by atoms with E-state index in [1.165, 1.54) is 0 Å². The molecule has 0 bridgehead atoms. The Labute approximate surface area is 90.6 Å². The van der Waals surface area contributed by atoms with E-state index < -0.39 is 0 Å². The van der Waals surface area contributed by atoms with Crippen molar-refractivity contribution in [3.63, 3.8) is 0 Å². The van der Waals surface area contributed by atoms with E-state index in [2.05, 4.69) is 25.9 Å². The van der Waals surface area contributed by atoms with Gasteiger partial charge < -0.3 is 4.84 Å². The molecule has 1 aliphatic rings. The number of rotatable bonds is 2. The van der Waals surface area contributed by atoms with Gasteiger partial charge in [-0.1, -0.05) is 27.5 Å². The van der Waals surface area contributed by atoms with Crippen molar-refractivity contribution in [2.75, 3.05) is 5.33 Å². The fraction of sp³-hybridized carbons (Fsp3) is 0.750. The van der Waals surface area contributed by atoms with E-state index in [1.807, 2.05) is 0 Å². The van der Waals surface area contributed by atoms with Crippen molar-refractivity contribution in [3.05, 3.63) is 0 Å². The fourth-order valence-electron chi connectivity index (χ4n) is 1.19. The second kappa shape index (κ2) is 5.60. The summed E-state index contributed by atoms with van der Waals surface area (Å²) < 4.78 is 0. The molecular formula is C8H11BrClNO2. The number of halogens is 2. The first-order chi connectivity index (χ1) is 6.24. The molecule has 1 atom stereocenters. The van der Waals surface area contributed by atoms with Gasteiger partial charge in [0.25, 0.3) is 0 Å². The summed E-state index contributed by atoms with van der Waals surface area (Å²) in [6.45, 7) is 0. The van der Waals surface area contributed by atoms with Crippen LogP contribution in [0.4, 0.5) is 0 Å². The maximum absolute atomic E-state index is 10.7. The molecular weight excluding hydrogens is 257 g/mol. The molecule has 1 rings (SSSR count). The van der Waals surface area contributed by atoms with Gasteiger partial charge in [0.1, 0.15) is 5.33 Å². The Hall–Kier alpha value is -0.0900. The Kier molecular flexibility index (Phi) is 4.73. The summed E-state index contributed by atoms with van der Waals surface area (Å²) in [7, 11) is 0. The lowest BCUT2D eigenvalue weighted by molar-refractivity contribution is -0.140. The molecule has 1 unspecified atom stereocenters. The molecule has 0 saturated heterocycles. The van der Waals surface area contributed by atoms with Crippen molar-refractivity contribution in [3.8, 4) is 0 Å². The van der Waals surface area contributed by atoms with Gasteiger partial charge in [-0.3, -0.25) is 0 Å². The Bertz CT molecular complexity index is 220. The van der Waals surface area contributed by atoms with Crippen LogP contribution in [0.1, 0.15) is 25.7 Å². The van der Waals surface area contributed by atoms with E-state index in [0.717, 1.165) is 31.4 Å². The van der Waals surface area contributed by atoms with Crippen LogP contribution in [0.3, 0.4) is 0 Å². The van der Waals surface area contributed by atoms with Crippen molar-refractivity contribution in [1.29, 1.82) is 0 Å². The van der Waals surface area contributed by atoms with Crippen molar-refractivity contribution >= 4 is 39.2 Å². The second-order valence-corrected chi connectivity index (χ2v) is 3.98. The van der Waals surface area contributed by atoms with Gasteiger partial charge in [-0.25, -0.2) is 4.79 Å². The van der Waals surface area contributed by atoms with Crippen LogP contribution in [0.25, 0.3) is 0 Å². The third kappa shape index (κ3) is 3.65. The Morgan fingerprint density at radius 2 is 2.46 bits per heavy atom. The number of hydrogen-bond donors (Lipinski definition) is 0. The minimum Gasteiger partial charge on any atom is -0.317 e. The maximum atomic E-state index is 10.7. The van der Waals surface area contributed by atoms with Gasteiger partial charge in [-0.2, -0.15) is 0 Å². The number of nitrogens with zero attached hydrogens (tertiary/aromatic N) is 1. The van der Waals surface area contributed by atoms with Gasteiger partial charge in [0.2, 0.25) is 0 Å². The van der Waals surface area contributed by atoms with Crippen LogP contribution in [0.15, 0.2) is 5.16 Å². The molecule has 13 heavy (non-hydrogen) atoms. The topological polar surface area (TPSA) is 38.7 Å². The van der Waals surface area contributed by atoms with Gasteiger partial charge in [-0.05, 0) is 19.3 Å². The Morgan fingerprint density at radius 1 is 1.69 bits per heavy atom. The highest BCUT2D eigenvalue weighted by molar-refractivity contribution is 9.09. The molecule has 0 N–H and O–H groups in total. The minimum absolute atomic E-state index is 0.0584. The number of carbonyl (C=O) groups excluding carboxylic acids is 1.